The summed E-state index contributed by atoms with van der Waals surface area (Å²) < 4.78 is 39.0. The highest BCUT2D eigenvalue weighted by Crippen LogP contribution is 2.31. The average Bonchev–Trinajstić information content (AvgIpc) is 3.49. The van der Waals surface area contributed by atoms with Gasteiger partial charge in [0, 0.05) is 11.6 Å². The van der Waals surface area contributed by atoms with Crippen LogP contribution in [0.1, 0.15) is 49.8 Å². The van der Waals surface area contributed by atoms with Gasteiger partial charge in [-0.15, -0.1) is 10.2 Å². The molecule has 0 saturated heterocycles. The van der Waals surface area contributed by atoms with Crippen molar-refractivity contribution in [3.8, 4) is 11.4 Å². The van der Waals surface area contributed by atoms with Crippen LogP contribution in [0.15, 0.2) is 63.9 Å². The van der Waals surface area contributed by atoms with E-state index in [1.165, 1.54) is 0 Å². The summed E-state index contributed by atoms with van der Waals surface area (Å²) in [4.78, 5) is 56.1. The molecule has 0 spiro atoms. The number of hydrogen-bond acceptors (Lipinski definition) is 9. The first-order valence-electron chi connectivity index (χ1n) is 13.5. The minimum absolute atomic E-state index is 0.0697. The number of benzene rings is 2. The Balaban J connectivity index is 1.60. The Kier molecular flexibility index (Phi) is 9.31. The third-order valence-corrected chi connectivity index (χ3v) is 6.82. The van der Waals surface area contributed by atoms with Crippen LogP contribution < -0.4 is 16.2 Å². The van der Waals surface area contributed by atoms with Crippen molar-refractivity contribution in [2.45, 2.75) is 45.7 Å². The van der Waals surface area contributed by atoms with E-state index < -0.39 is 64.8 Å². The normalized spacial score (nSPS) is 12.1. The second-order valence-corrected chi connectivity index (χ2v) is 10.7. The molecule has 0 bridgehead atoms. The molecule has 12 nitrogen and oxygen atoms in total. The summed E-state index contributed by atoms with van der Waals surface area (Å²) in [5.41, 5.74) is -1.37. The van der Waals surface area contributed by atoms with Gasteiger partial charge in [-0.25, -0.2) is 18.6 Å². The number of ether oxygens (including phenoxy) is 1. The maximum Gasteiger partial charge on any atom is 0.411 e. The van der Waals surface area contributed by atoms with Crippen LogP contribution in [0.4, 0.5) is 19.3 Å². The quantitative estimate of drug-likeness (QED) is 0.253. The third kappa shape index (κ3) is 6.85. The topological polar surface area (TPSA) is 158 Å². The zero-order chi connectivity index (χ0) is 32.2. The fourth-order valence-electron chi connectivity index (χ4n) is 4.35. The molecular formula is C30H30F2N6O6. The smallest absolute Gasteiger partial charge is 0.411 e. The van der Waals surface area contributed by atoms with E-state index in [1.807, 2.05) is 0 Å². The molecule has 0 fully saturated rings. The number of aromatic nitrogens is 4. The first-order chi connectivity index (χ1) is 20.8. The summed E-state index contributed by atoms with van der Waals surface area (Å²) in [6, 6.07) is 10.4. The lowest BCUT2D eigenvalue weighted by atomic mass is 9.84. The van der Waals surface area contributed by atoms with Crippen LogP contribution in [-0.2, 0) is 21.5 Å². The molecule has 2 aromatic heterocycles. The second-order valence-electron chi connectivity index (χ2n) is 10.7. The van der Waals surface area contributed by atoms with Crippen molar-refractivity contribution in [3.63, 3.8) is 0 Å². The highest BCUT2D eigenvalue weighted by atomic mass is 19.1. The van der Waals surface area contributed by atoms with E-state index in [4.69, 9.17) is 4.42 Å². The standard InChI is InChI=1S/C30H30F2N6O6/c1-16(2)23(24(40)26-36-37-28(44-26)30(3,4)18-11-19(31)13-20(32)12-18)35-22(39)15-38-25(17-9-7-6-8-10-17)33-14-21(27(38)41)34-29(42)43-5/h6-14,16,23H,15H2,1-5H3,(H,34,42)(H,35,39)/t23-/m1/s1. The van der Waals surface area contributed by atoms with Gasteiger partial charge < -0.3 is 14.5 Å². The third-order valence-electron chi connectivity index (χ3n) is 6.82. The van der Waals surface area contributed by atoms with Crippen molar-refractivity contribution in [2.24, 2.45) is 5.92 Å². The molecule has 0 aliphatic rings. The fraction of sp³-hybridized carbons (Fsp3) is 0.300. The fourth-order valence-corrected chi connectivity index (χ4v) is 4.35. The van der Waals surface area contributed by atoms with Crippen LogP contribution in [-0.4, -0.2) is 50.7 Å². The predicted octanol–water partition coefficient (Wildman–Crippen LogP) is 4.10. The number of carbonyl (C=O) groups excluding carboxylic acids is 3. The van der Waals surface area contributed by atoms with Gasteiger partial charge in [0.1, 0.15) is 29.7 Å². The van der Waals surface area contributed by atoms with Crippen molar-refractivity contribution in [2.75, 3.05) is 12.4 Å². The highest BCUT2D eigenvalue weighted by Gasteiger charge is 2.35. The van der Waals surface area contributed by atoms with Gasteiger partial charge in [-0.1, -0.05) is 44.2 Å². The largest absolute Gasteiger partial charge is 0.453 e. The molecule has 0 aliphatic heterocycles. The Hall–Kier alpha value is -5.27. The zero-order valence-electron chi connectivity index (χ0n) is 24.6. The molecule has 230 valence electrons. The Morgan fingerprint density at radius 1 is 1.05 bits per heavy atom. The molecule has 2 heterocycles. The number of amides is 2. The van der Waals surface area contributed by atoms with Gasteiger partial charge in [-0.2, -0.15) is 0 Å². The number of carbonyl (C=O) groups is 3. The summed E-state index contributed by atoms with van der Waals surface area (Å²) in [6.07, 6.45) is 0.256. The molecular weight excluding hydrogens is 578 g/mol. The van der Waals surface area contributed by atoms with E-state index in [-0.39, 0.29) is 23.0 Å². The van der Waals surface area contributed by atoms with Gasteiger partial charge in [0.15, 0.2) is 0 Å². The van der Waals surface area contributed by atoms with Crippen molar-refractivity contribution in [1.29, 1.82) is 0 Å². The van der Waals surface area contributed by atoms with Gasteiger partial charge in [-0.05, 0) is 37.5 Å². The van der Waals surface area contributed by atoms with Crippen LogP contribution in [0.2, 0.25) is 0 Å². The van der Waals surface area contributed by atoms with Crippen LogP contribution in [0.25, 0.3) is 11.4 Å². The van der Waals surface area contributed by atoms with E-state index in [2.05, 4.69) is 30.6 Å². The zero-order valence-corrected chi connectivity index (χ0v) is 24.6. The van der Waals surface area contributed by atoms with Gasteiger partial charge in [-0.3, -0.25) is 24.3 Å². The van der Waals surface area contributed by atoms with Gasteiger partial charge >= 0.3 is 6.09 Å². The minimum atomic E-state index is -1.16. The Morgan fingerprint density at radius 3 is 2.32 bits per heavy atom. The van der Waals surface area contributed by atoms with Crippen LogP contribution >= 0.6 is 0 Å². The molecule has 14 heteroatoms. The summed E-state index contributed by atoms with van der Waals surface area (Å²) in [6.45, 7) is 6.01. The van der Waals surface area contributed by atoms with E-state index >= 15 is 0 Å². The number of hydrogen-bond donors (Lipinski definition) is 2. The van der Waals surface area contributed by atoms with Crippen molar-refractivity contribution < 1.29 is 32.3 Å². The maximum absolute atomic E-state index is 13.9. The minimum Gasteiger partial charge on any atom is -0.453 e. The lowest BCUT2D eigenvalue weighted by molar-refractivity contribution is -0.122. The Labute approximate surface area is 250 Å². The number of Topliss-reactive ketones (excluding diaryl/α,β-unsaturated/α-hetero) is 1. The molecule has 4 aromatic rings. The van der Waals surface area contributed by atoms with Crippen molar-refractivity contribution >= 4 is 23.5 Å². The first kappa shape index (κ1) is 31.7. The number of nitrogens with zero attached hydrogens (tertiary/aromatic N) is 4. The maximum atomic E-state index is 13.9. The monoisotopic (exact) mass is 608 g/mol. The Morgan fingerprint density at radius 2 is 1.70 bits per heavy atom. The van der Waals surface area contributed by atoms with E-state index in [9.17, 15) is 28.0 Å². The van der Waals surface area contributed by atoms with E-state index in [0.717, 1.165) is 36.1 Å². The highest BCUT2D eigenvalue weighted by molar-refractivity contribution is 5.98. The van der Waals surface area contributed by atoms with Crippen LogP contribution in [0, 0.1) is 17.6 Å². The molecule has 2 N–H and O–H groups in total. The first-order valence-corrected chi connectivity index (χ1v) is 13.5. The molecule has 2 aromatic carbocycles. The van der Waals surface area contributed by atoms with E-state index in [0.29, 0.717) is 5.56 Å². The average molecular weight is 609 g/mol. The van der Waals surface area contributed by atoms with Gasteiger partial charge in [0.05, 0.1) is 24.8 Å². The number of ketones is 1. The van der Waals surface area contributed by atoms with Gasteiger partial charge in [0.25, 0.3) is 11.4 Å². The summed E-state index contributed by atoms with van der Waals surface area (Å²) in [7, 11) is 1.13. The summed E-state index contributed by atoms with van der Waals surface area (Å²) in [5.74, 6) is -3.80. The molecule has 0 saturated carbocycles. The SMILES string of the molecule is COC(=O)Nc1cnc(-c2ccccc2)n(CC(=O)N[C@@H](C(=O)c2nnc(C(C)(C)c3cc(F)cc(F)c3)o2)C(C)C)c1=O. The molecule has 1 atom stereocenters. The number of nitrogens with one attached hydrogen (secondary N) is 2. The molecule has 0 unspecified atom stereocenters. The number of anilines is 1. The van der Waals surface area contributed by atoms with Crippen molar-refractivity contribution in [3.05, 3.63) is 94.1 Å². The van der Waals surface area contributed by atoms with Crippen molar-refractivity contribution in [1.82, 2.24) is 25.1 Å². The summed E-state index contributed by atoms with van der Waals surface area (Å²) >= 11 is 0. The van der Waals surface area contributed by atoms with Crippen LogP contribution in [0.3, 0.4) is 0 Å². The number of rotatable bonds is 10. The number of methoxy groups -OCH3 is 1. The lowest BCUT2D eigenvalue weighted by Gasteiger charge is -2.22. The molecule has 44 heavy (non-hydrogen) atoms. The van der Waals surface area contributed by atoms with E-state index in [1.54, 1.807) is 58.0 Å². The molecule has 0 radical (unpaired) electrons. The predicted molar refractivity (Wildman–Crippen MR) is 154 cm³/mol. The molecule has 4 rings (SSSR count). The Bertz CT molecular complexity index is 1730. The molecule has 0 aliphatic carbocycles. The van der Waals surface area contributed by atoms with Gasteiger partial charge in [0.2, 0.25) is 17.6 Å². The number of halogens is 2. The summed E-state index contributed by atoms with van der Waals surface area (Å²) in [5, 5.41) is 12.7. The second kappa shape index (κ2) is 12.9. The lowest BCUT2D eigenvalue weighted by Crippen LogP contribution is -2.46. The molecule has 2 amide bonds. The van der Waals surface area contributed by atoms with Crippen LogP contribution in [0.5, 0.6) is 0 Å².